The third-order valence-electron chi connectivity index (χ3n) is 4.07. The number of amides is 1. The third-order valence-corrected chi connectivity index (χ3v) is 4.07. The molecule has 3 rings (SSSR count). The van der Waals surface area contributed by atoms with E-state index in [2.05, 4.69) is 38.5 Å². The summed E-state index contributed by atoms with van der Waals surface area (Å²) in [5.41, 5.74) is 1.71. The quantitative estimate of drug-likeness (QED) is 0.886. The fourth-order valence-corrected chi connectivity index (χ4v) is 3.02. The number of carbonyl (C=O) groups excluding carboxylic acids is 1. The Hall–Kier alpha value is -2.21. The number of H-pyrrole nitrogens is 1. The van der Waals surface area contributed by atoms with E-state index in [1.54, 1.807) is 18.5 Å². The highest BCUT2D eigenvalue weighted by molar-refractivity contribution is 5.92. The van der Waals surface area contributed by atoms with Crippen molar-refractivity contribution in [2.75, 3.05) is 20.1 Å². The van der Waals surface area contributed by atoms with Crippen molar-refractivity contribution in [1.29, 1.82) is 0 Å². The molecule has 0 saturated carbocycles. The van der Waals surface area contributed by atoms with Crippen molar-refractivity contribution in [3.8, 4) is 0 Å². The van der Waals surface area contributed by atoms with Gasteiger partial charge in [-0.2, -0.15) is 5.10 Å². The summed E-state index contributed by atoms with van der Waals surface area (Å²) >= 11 is 0. The highest BCUT2D eigenvalue weighted by Gasteiger charge is 2.33. The molecule has 21 heavy (non-hydrogen) atoms. The van der Waals surface area contributed by atoms with Crippen molar-refractivity contribution < 1.29 is 4.79 Å². The Kier molecular flexibility index (Phi) is 3.96. The predicted octanol–water partition coefficient (Wildman–Crippen LogP) is 1.23. The van der Waals surface area contributed by atoms with Gasteiger partial charge in [-0.05, 0) is 43.6 Å². The fraction of sp³-hybridized carbons (Fsp3) is 0.400. The Morgan fingerprint density at radius 1 is 1.48 bits per heavy atom. The Morgan fingerprint density at radius 2 is 2.38 bits per heavy atom. The number of likely N-dealkylation sites (tertiary alicyclic amines) is 1. The number of nitrogens with zero attached hydrogens (tertiary/aromatic N) is 3. The maximum Gasteiger partial charge on any atom is 0.269 e. The summed E-state index contributed by atoms with van der Waals surface area (Å²) in [6.07, 6.45) is 6.35. The number of aromatic nitrogens is 3. The topological polar surface area (TPSA) is 73.9 Å². The summed E-state index contributed by atoms with van der Waals surface area (Å²) in [6.45, 7) is 1.69. The van der Waals surface area contributed by atoms with Gasteiger partial charge in [0.25, 0.3) is 5.91 Å². The van der Waals surface area contributed by atoms with Gasteiger partial charge in [-0.15, -0.1) is 0 Å². The lowest BCUT2D eigenvalue weighted by atomic mass is 9.95. The average molecular weight is 285 g/mol. The summed E-state index contributed by atoms with van der Waals surface area (Å²) in [5.74, 6) is 0.290. The molecular weight excluding hydrogens is 266 g/mol. The maximum atomic E-state index is 12.0. The van der Waals surface area contributed by atoms with E-state index in [4.69, 9.17) is 0 Å². The Bertz CT molecular complexity index is 583. The van der Waals surface area contributed by atoms with Gasteiger partial charge in [0.15, 0.2) is 0 Å². The van der Waals surface area contributed by atoms with Crippen LogP contribution in [0.1, 0.15) is 28.5 Å². The molecule has 1 saturated heterocycles. The first-order valence-electron chi connectivity index (χ1n) is 7.13. The number of hydrogen-bond acceptors (Lipinski definition) is 4. The summed E-state index contributed by atoms with van der Waals surface area (Å²) < 4.78 is 0. The molecule has 2 aromatic rings. The lowest BCUT2D eigenvalue weighted by Crippen LogP contribution is -2.32. The van der Waals surface area contributed by atoms with Crippen molar-refractivity contribution in [3.05, 3.63) is 48.0 Å². The zero-order chi connectivity index (χ0) is 14.7. The SMILES string of the molecule is CN1CC[C@@H](CNC(=O)c2ccn[nH]2)[C@@H]1c1cccnc1. The molecule has 3 heterocycles. The summed E-state index contributed by atoms with van der Waals surface area (Å²) in [7, 11) is 2.12. The van der Waals surface area contributed by atoms with Gasteiger partial charge in [-0.1, -0.05) is 6.07 Å². The van der Waals surface area contributed by atoms with Crippen LogP contribution in [0.15, 0.2) is 36.8 Å². The van der Waals surface area contributed by atoms with Gasteiger partial charge in [-0.3, -0.25) is 19.8 Å². The molecule has 6 nitrogen and oxygen atoms in total. The molecule has 1 aliphatic heterocycles. The van der Waals surface area contributed by atoms with Crippen molar-refractivity contribution in [2.24, 2.45) is 5.92 Å². The van der Waals surface area contributed by atoms with Crippen molar-refractivity contribution in [2.45, 2.75) is 12.5 Å². The van der Waals surface area contributed by atoms with E-state index in [0.29, 0.717) is 24.2 Å². The molecular formula is C15H19N5O. The minimum atomic E-state index is -0.105. The Morgan fingerprint density at radius 3 is 3.10 bits per heavy atom. The first-order chi connectivity index (χ1) is 10.3. The molecule has 110 valence electrons. The second kappa shape index (κ2) is 6.05. The minimum absolute atomic E-state index is 0.105. The molecule has 0 radical (unpaired) electrons. The lowest BCUT2D eigenvalue weighted by Gasteiger charge is -2.25. The van der Waals surface area contributed by atoms with Gasteiger partial charge in [0.1, 0.15) is 5.69 Å². The first kappa shape index (κ1) is 13.8. The van der Waals surface area contributed by atoms with E-state index in [9.17, 15) is 4.79 Å². The molecule has 0 unspecified atom stereocenters. The van der Waals surface area contributed by atoms with E-state index in [1.807, 2.05) is 12.3 Å². The normalized spacial score (nSPS) is 22.3. The minimum Gasteiger partial charge on any atom is -0.350 e. The number of pyridine rings is 1. The molecule has 0 aliphatic carbocycles. The molecule has 2 N–H and O–H groups in total. The standard InChI is InChI=1S/C15H19N5O/c1-20-8-5-12(14(20)11-3-2-6-16-9-11)10-17-15(21)13-4-7-18-19-13/h2-4,6-7,9,12,14H,5,8,10H2,1H3,(H,17,21)(H,18,19)/t12-,14-/m0/s1. The second-order valence-electron chi connectivity index (χ2n) is 5.44. The molecule has 2 atom stereocenters. The predicted molar refractivity (Wildman–Crippen MR) is 78.6 cm³/mol. The van der Waals surface area contributed by atoms with E-state index in [-0.39, 0.29) is 5.91 Å². The Balaban J connectivity index is 1.66. The number of hydrogen-bond donors (Lipinski definition) is 2. The van der Waals surface area contributed by atoms with Crippen LogP contribution in [0.25, 0.3) is 0 Å². The fourth-order valence-electron chi connectivity index (χ4n) is 3.02. The zero-order valence-corrected chi connectivity index (χ0v) is 12.0. The van der Waals surface area contributed by atoms with Gasteiger partial charge in [0, 0.05) is 31.2 Å². The maximum absolute atomic E-state index is 12.0. The third kappa shape index (κ3) is 2.95. The molecule has 1 fully saturated rings. The van der Waals surface area contributed by atoms with Crippen LogP contribution >= 0.6 is 0 Å². The van der Waals surface area contributed by atoms with Crippen molar-refractivity contribution in [1.82, 2.24) is 25.4 Å². The molecule has 6 heteroatoms. The summed E-state index contributed by atoms with van der Waals surface area (Å²) in [4.78, 5) is 18.5. The van der Waals surface area contributed by atoms with E-state index in [0.717, 1.165) is 13.0 Å². The number of carbonyl (C=O) groups is 1. The van der Waals surface area contributed by atoms with Gasteiger partial charge < -0.3 is 5.32 Å². The second-order valence-corrected chi connectivity index (χ2v) is 5.44. The highest BCUT2D eigenvalue weighted by Crippen LogP contribution is 2.35. The van der Waals surface area contributed by atoms with Crippen LogP contribution in [0, 0.1) is 5.92 Å². The van der Waals surface area contributed by atoms with Crippen molar-refractivity contribution in [3.63, 3.8) is 0 Å². The van der Waals surface area contributed by atoms with Crippen LogP contribution in [-0.2, 0) is 0 Å². The van der Waals surface area contributed by atoms with Gasteiger partial charge in [0.05, 0.1) is 0 Å². The van der Waals surface area contributed by atoms with E-state index < -0.39 is 0 Å². The summed E-state index contributed by atoms with van der Waals surface area (Å²) in [6, 6.07) is 6.04. The molecule has 2 aromatic heterocycles. The summed E-state index contributed by atoms with van der Waals surface area (Å²) in [5, 5.41) is 9.47. The monoisotopic (exact) mass is 285 g/mol. The van der Waals surface area contributed by atoms with Gasteiger partial charge >= 0.3 is 0 Å². The van der Waals surface area contributed by atoms with Gasteiger partial charge in [0.2, 0.25) is 0 Å². The number of aromatic amines is 1. The first-order valence-corrected chi connectivity index (χ1v) is 7.13. The molecule has 0 aromatic carbocycles. The average Bonchev–Trinajstić information content (AvgIpc) is 3.15. The molecule has 0 bridgehead atoms. The van der Waals surface area contributed by atoms with Crippen LogP contribution < -0.4 is 5.32 Å². The zero-order valence-electron chi connectivity index (χ0n) is 12.0. The van der Waals surface area contributed by atoms with Crippen LogP contribution in [0.2, 0.25) is 0 Å². The lowest BCUT2D eigenvalue weighted by molar-refractivity contribution is 0.0938. The number of rotatable bonds is 4. The van der Waals surface area contributed by atoms with Crippen LogP contribution in [0.3, 0.4) is 0 Å². The number of nitrogens with one attached hydrogen (secondary N) is 2. The highest BCUT2D eigenvalue weighted by atomic mass is 16.1. The van der Waals surface area contributed by atoms with Crippen LogP contribution in [0.5, 0.6) is 0 Å². The molecule has 1 amide bonds. The van der Waals surface area contributed by atoms with Crippen LogP contribution in [-0.4, -0.2) is 46.1 Å². The Labute approximate surface area is 123 Å². The largest absolute Gasteiger partial charge is 0.350 e. The van der Waals surface area contributed by atoms with E-state index >= 15 is 0 Å². The van der Waals surface area contributed by atoms with Gasteiger partial charge in [-0.25, -0.2) is 0 Å². The van der Waals surface area contributed by atoms with E-state index in [1.165, 1.54) is 5.56 Å². The van der Waals surface area contributed by atoms with Crippen LogP contribution in [0.4, 0.5) is 0 Å². The molecule has 1 aliphatic rings. The molecule has 0 spiro atoms. The smallest absolute Gasteiger partial charge is 0.269 e. The van der Waals surface area contributed by atoms with Crippen molar-refractivity contribution >= 4 is 5.91 Å².